The lowest BCUT2D eigenvalue weighted by molar-refractivity contribution is -0.131. The third-order valence-corrected chi connectivity index (χ3v) is 4.79. The predicted octanol–water partition coefficient (Wildman–Crippen LogP) is -0.921. The van der Waals surface area contributed by atoms with Crippen molar-refractivity contribution in [2.75, 3.05) is 19.9 Å². The highest BCUT2D eigenvalue weighted by Gasteiger charge is 2.59. The van der Waals surface area contributed by atoms with Gasteiger partial charge in [0.15, 0.2) is 17.7 Å². The van der Waals surface area contributed by atoms with Crippen LogP contribution in [0.5, 0.6) is 0 Å². The van der Waals surface area contributed by atoms with Crippen LogP contribution in [0.2, 0.25) is 0 Å². The van der Waals surface area contributed by atoms with Crippen molar-refractivity contribution in [1.29, 1.82) is 0 Å². The number of amidine groups is 1. The Morgan fingerprint density at radius 2 is 2.25 bits per heavy atom. The van der Waals surface area contributed by atoms with Crippen molar-refractivity contribution in [1.82, 2.24) is 4.90 Å². The molecule has 0 spiro atoms. The molecule has 0 amide bonds. The van der Waals surface area contributed by atoms with Crippen molar-refractivity contribution in [3.8, 4) is 0 Å². The predicted molar refractivity (Wildman–Crippen MR) is 89.1 cm³/mol. The van der Waals surface area contributed by atoms with E-state index in [1.54, 1.807) is 11.8 Å². The molecule has 1 saturated heterocycles. The van der Waals surface area contributed by atoms with Gasteiger partial charge in [0.25, 0.3) is 0 Å². The third kappa shape index (κ3) is 2.47. The molecule has 9 heteroatoms. The first-order valence-corrected chi connectivity index (χ1v) is 8.21. The van der Waals surface area contributed by atoms with Crippen molar-refractivity contribution in [2.24, 2.45) is 20.7 Å². The molecule has 134 valence electrons. The quantitative estimate of drug-likeness (QED) is 0.595. The van der Waals surface area contributed by atoms with E-state index in [0.717, 1.165) is 0 Å². The lowest BCUT2D eigenvalue weighted by Crippen LogP contribution is -2.59. The van der Waals surface area contributed by atoms with Crippen LogP contribution in [0.1, 0.15) is 27.2 Å². The van der Waals surface area contributed by atoms with Crippen LogP contribution < -0.4 is 5.73 Å². The largest absolute Gasteiger partial charge is 0.394 e. The van der Waals surface area contributed by atoms with Gasteiger partial charge in [-0.2, -0.15) is 0 Å². The minimum Gasteiger partial charge on any atom is -0.394 e. The molecule has 3 aliphatic heterocycles. The third-order valence-electron chi connectivity index (χ3n) is 4.79. The first-order valence-electron chi connectivity index (χ1n) is 8.21. The molecule has 4 N–H and O–H groups in total. The number of fused-ring (bicyclic) bond motifs is 1. The minimum absolute atomic E-state index is 0.242. The smallest absolute Gasteiger partial charge is 0.165 e. The second-order valence-corrected chi connectivity index (χ2v) is 6.39. The first-order chi connectivity index (χ1) is 11.4. The zero-order chi connectivity index (χ0) is 17.5. The molecule has 0 aromatic rings. The Morgan fingerprint density at radius 1 is 1.50 bits per heavy atom. The fourth-order valence-corrected chi connectivity index (χ4v) is 3.50. The molecule has 1 unspecified atom stereocenters. The number of ether oxygens (including phenoxy) is 2. The molecule has 24 heavy (non-hydrogen) atoms. The van der Waals surface area contributed by atoms with E-state index in [1.807, 2.05) is 13.8 Å². The zero-order valence-electron chi connectivity index (χ0n) is 14.2. The van der Waals surface area contributed by atoms with Gasteiger partial charge in [-0.1, -0.05) is 6.92 Å². The topological polar surface area (TPSA) is 125 Å². The number of nitrogens with zero attached hydrogens (tertiary/aromatic N) is 4. The van der Waals surface area contributed by atoms with Crippen LogP contribution in [0, 0.1) is 0 Å². The van der Waals surface area contributed by atoms with Gasteiger partial charge < -0.3 is 30.3 Å². The van der Waals surface area contributed by atoms with Crippen LogP contribution in [0.25, 0.3) is 0 Å². The van der Waals surface area contributed by atoms with Gasteiger partial charge >= 0.3 is 0 Å². The maximum Gasteiger partial charge on any atom is 0.165 e. The Hall–Kier alpha value is -1.39. The summed E-state index contributed by atoms with van der Waals surface area (Å²) >= 11 is 0. The van der Waals surface area contributed by atoms with E-state index in [-0.39, 0.29) is 13.3 Å². The van der Waals surface area contributed by atoms with Crippen LogP contribution in [0.15, 0.2) is 15.0 Å². The second-order valence-electron chi connectivity index (χ2n) is 6.39. The number of aliphatic hydroxyl groups excluding tert-OH is 1. The molecule has 0 aromatic carbocycles. The summed E-state index contributed by atoms with van der Waals surface area (Å²) < 4.78 is 11.6. The summed E-state index contributed by atoms with van der Waals surface area (Å²) in [6, 6.07) is 0. The standard InChI is InChI=1S/C15H25N5O4/c1-4-15(22)11(23-5-2)9(6-21)24-13(15)20-8-18-10-12(20)17-7-19-14(10,3)16/h7,9,11,13,21-22H,4-6,8,16H2,1-3H3/t9-,11-,13-,14?,15-/m1/s1. The molecule has 1 fully saturated rings. The van der Waals surface area contributed by atoms with E-state index in [1.165, 1.54) is 6.34 Å². The number of hydrogen-bond acceptors (Lipinski definition) is 9. The zero-order valence-corrected chi connectivity index (χ0v) is 14.2. The maximum absolute atomic E-state index is 11.3. The molecular weight excluding hydrogens is 314 g/mol. The van der Waals surface area contributed by atoms with E-state index in [4.69, 9.17) is 15.2 Å². The van der Waals surface area contributed by atoms with Crippen molar-refractivity contribution in [3.63, 3.8) is 0 Å². The van der Waals surface area contributed by atoms with Crippen LogP contribution in [0.4, 0.5) is 0 Å². The normalized spacial score (nSPS) is 41.4. The van der Waals surface area contributed by atoms with Gasteiger partial charge in [0.05, 0.1) is 6.61 Å². The summed E-state index contributed by atoms with van der Waals surface area (Å²) in [6.07, 6.45) is -0.194. The number of nitrogens with two attached hydrogens (primary N) is 1. The van der Waals surface area contributed by atoms with E-state index in [2.05, 4.69) is 15.0 Å². The fraction of sp³-hybridized carbons (Fsp3) is 0.800. The van der Waals surface area contributed by atoms with Crippen LogP contribution >= 0.6 is 0 Å². The van der Waals surface area contributed by atoms with Gasteiger partial charge in [0, 0.05) is 6.61 Å². The monoisotopic (exact) mass is 339 g/mol. The fourth-order valence-electron chi connectivity index (χ4n) is 3.50. The first kappa shape index (κ1) is 17.4. The van der Waals surface area contributed by atoms with Crippen molar-refractivity contribution in [2.45, 2.75) is 56.9 Å². The molecule has 3 heterocycles. The van der Waals surface area contributed by atoms with E-state index in [9.17, 15) is 10.2 Å². The van der Waals surface area contributed by atoms with Gasteiger partial charge in [-0.25, -0.2) is 9.98 Å². The average Bonchev–Trinajstić information content (AvgIpc) is 3.09. The van der Waals surface area contributed by atoms with Crippen LogP contribution in [0.3, 0.4) is 0 Å². The highest BCUT2D eigenvalue weighted by Crippen LogP contribution is 2.39. The lowest BCUT2D eigenvalue weighted by Gasteiger charge is -2.38. The Kier molecular flexibility index (Phi) is 4.47. The van der Waals surface area contributed by atoms with E-state index in [0.29, 0.717) is 24.6 Å². The molecule has 9 nitrogen and oxygen atoms in total. The molecule has 0 aliphatic carbocycles. The van der Waals surface area contributed by atoms with Crippen molar-refractivity contribution >= 4 is 17.9 Å². The Balaban J connectivity index is 1.92. The minimum atomic E-state index is -1.30. The summed E-state index contributed by atoms with van der Waals surface area (Å²) in [5.41, 5.74) is 4.46. The Morgan fingerprint density at radius 3 is 2.88 bits per heavy atom. The molecule has 5 atom stereocenters. The highest BCUT2D eigenvalue weighted by atomic mass is 16.6. The van der Waals surface area contributed by atoms with Gasteiger partial charge in [0.1, 0.15) is 36.5 Å². The van der Waals surface area contributed by atoms with E-state index >= 15 is 0 Å². The van der Waals surface area contributed by atoms with E-state index < -0.39 is 29.7 Å². The lowest BCUT2D eigenvalue weighted by atomic mass is 9.90. The molecule has 0 aromatic heterocycles. The number of aliphatic hydroxyl groups is 2. The Bertz CT molecular complexity index is 590. The molecular formula is C15H25N5O4. The second kappa shape index (κ2) is 6.16. The van der Waals surface area contributed by atoms with Gasteiger partial charge in [0.2, 0.25) is 0 Å². The summed E-state index contributed by atoms with van der Waals surface area (Å²) in [5, 5.41) is 20.9. The summed E-state index contributed by atoms with van der Waals surface area (Å²) in [5.74, 6) is 0.542. The van der Waals surface area contributed by atoms with Crippen molar-refractivity contribution < 1.29 is 19.7 Å². The summed E-state index contributed by atoms with van der Waals surface area (Å²) in [7, 11) is 0. The molecule has 0 bridgehead atoms. The number of rotatable bonds is 5. The highest BCUT2D eigenvalue weighted by molar-refractivity contribution is 6.47. The SMILES string of the molecule is CCO[C@@H]1[C@@H](CO)O[C@@H](N2CN=C3C2=NC=NC3(C)N)[C@@]1(O)CC. The average molecular weight is 339 g/mol. The van der Waals surface area contributed by atoms with Gasteiger partial charge in [-0.05, 0) is 20.3 Å². The van der Waals surface area contributed by atoms with Gasteiger partial charge in [-0.3, -0.25) is 4.99 Å². The number of aliphatic imine (C=N–C) groups is 3. The summed E-state index contributed by atoms with van der Waals surface area (Å²) in [6.45, 7) is 5.88. The van der Waals surface area contributed by atoms with Crippen LogP contribution in [-0.4, -0.2) is 82.6 Å². The maximum atomic E-state index is 11.3. The molecule has 3 aliphatic rings. The molecule has 0 saturated carbocycles. The van der Waals surface area contributed by atoms with Gasteiger partial charge in [-0.15, -0.1) is 0 Å². The Labute approximate surface area is 140 Å². The number of hydrogen-bond donors (Lipinski definition) is 3. The molecule has 3 rings (SSSR count). The van der Waals surface area contributed by atoms with Crippen LogP contribution in [-0.2, 0) is 9.47 Å². The van der Waals surface area contributed by atoms with Crippen molar-refractivity contribution in [3.05, 3.63) is 0 Å². The molecule has 0 radical (unpaired) electrons. The summed E-state index contributed by atoms with van der Waals surface area (Å²) in [4.78, 5) is 14.6.